The zero-order valence-electron chi connectivity index (χ0n) is 14.8. The molecule has 0 fully saturated rings. The number of aromatic nitrogens is 1. The molecule has 0 radical (unpaired) electrons. The summed E-state index contributed by atoms with van der Waals surface area (Å²) in [7, 11) is 0. The number of nitrogens with zero attached hydrogens (tertiary/aromatic N) is 3. The first-order valence-corrected chi connectivity index (χ1v) is 9.43. The molecule has 0 aliphatic rings. The van der Waals surface area contributed by atoms with Gasteiger partial charge in [-0.25, -0.2) is 5.43 Å². The van der Waals surface area contributed by atoms with Gasteiger partial charge in [0, 0.05) is 29.0 Å². The van der Waals surface area contributed by atoms with Crippen molar-refractivity contribution >= 4 is 45.3 Å². The predicted molar refractivity (Wildman–Crippen MR) is 113 cm³/mol. The quantitative estimate of drug-likeness (QED) is 0.311. The molecular weight excluding hydrogens is 464 g/mol. The number of amides is 1. The van der Waals surface area contributed by atoms with Crippen LogP contribution < -0.4 is 10.2 Å². The lowest BCUT2D eigenvalue weighted by Crippen LogP contribution is -2.24. The summed E-state index contributed by atoms with van der Waals surface area (Å²) in [4.78, 5) is 22.2. The number of hydrazone groups is 1. The molecule has 1 amide bonds. The minimum absolute atomic E-state index is 0.00992. The van der Waals surface area contributed by atoms with E-state index < -0.39 is 10.8 Å². The normalized spacial score (nSPS) is 10.8. The molecule has 0 bridgehead atoms. The molecule has 0 aliphatic carbocycles. The van der Waals surface area contributed by atoms with E-state index in [1.165, 1.54) is 18.3 Å². The zero-order chi connectivity index (χ0) is 20.8. The second-order valence-electron chi connectivity index (χ2n) is 5.73. The highest BCUT2D eigenvalue weighted by Gasteiger charge is 2.08. The van der Waals surface area contributed by atoms with Gasteiger partial charge in [0.1, 0.15) is 5.75 Å². The summed E-state index contributed by atoms with van der Waals surface area (Å²) >= 11 is 9.17. The van der Waals surface area contributed by atoms with Crippen LogP contribution in [0.4, 0.5) is 5.69 Å². The van der Waals surface area contributed by atoms with E-state index in [1.807, 2.05) is 0 Å². The molecule has 0 saturated carbocycles. The van der Waals surface area contributed by atoms with Gasteiger partial charge in [-0.2, -0.15) is 5.10 Å². The van der Waals surface area contributed by atoms with Crippen molar-refractivity contribution in [2.75, 3.05) is 6.61 Å². The van der Waals surface area contributed by atoms with E-state index in [2.05, 4.69) is 26.5 Å². The molecule has 8 nitrogen and oxygen atoms in total. The van der Waals surface area contributed by atoms with Crippen molar-refractivity contribution < 1.29 is 14.5 Å². The monoisotopic (exact) mass is 476 g/mol. The minimum Gasteiger partial charge on any atom is -0.483 e. The van der Waals surface area contributed by atoms with E-state index in [-0.39, 0.29) is 12.3 Å². The number of non-ortho nitro benzene ring substituents is 1. The Hall–Kier alpha value is -3.17. The molecule has 1 aromatic heterocycles. The Balaban J connectivity index is 1.59. The van der Waals surface area contributed by atoms with Crippen molar-refractivity contribution in [2.24, 2.45) is 5.10 Å². The standard InChI is InChI=1S/C19H14BrClN4O4/c20-17-10-13(21)3-8-18(17)29-12-19(26)23-22-11-16-2-1-9-24(16)14-4-6-15(7-5-14)25(27)28/h1-11H,12H2,(H,23,26). The van der Waals surface area contributed by atoms with E-state index in [4.69, 9.17) is 16.3 Å². The Morgan fingerprint density at radius 2 is 2.03 bits per heavy atom. The number of halogens is 2. The summed E-state index contributed by atoms with van der Waals surface area (Å²) in [6.07, 6.45) is 3.25. The third kappa shape index (κ3) is 5.43. The Bertz CT molecular complexity index is 1070. The van der Waals surface area contributed by atoms with Crippen LogP contribution in [0.1, 0.15) is 5.69 Å². The van der Waals surface area contributed by atoms with Crippen LogP contribution >= 0.6 is 27.5 Å². The molecule has 148 valence electrons. The van der Waals surface area contributed by atoms with Crippen molar-refractivity contribution in [3.63, 3.8) is 0 Å². The third-order valence-corrected chi connectivity index (χ3v) is 4.61. The van der Waals surface area contributed by atoms with Crippen LogP contribution in [0.15, 0.2) is 70.4 Å². The molecule has 0 saturated heterocycles. The molecule has 10 heteroatoms. The maximum Gasteiger partial charge on any atom is 0.277 e. The second kappa shape index (κ2) is 9.35. The van der Waals surface area contributed by atoms with Gasteiger partial charge in [0.15, 0.2) is 6.61 Å². The smallest absolute Gasteiger partial charge is 0.277 e. The fourth-order valence-corrected chi connectivity index (χ4v) is 3.20. The van der Waals surface area contributed by atoms with Gasteiger partial charge in [-0.3, -0.25) is 14.9 Å². The predicted octanol–water partition coefficient (Wildman–Crippen LogP) is 4.33. The van der Waals surface area contributed by atoms with Gasteiger partial charge in [-0.05, 0) is 58.4 Å². The van der Waals surface area contributed by atoms with Crippen molar-refractivity contribution in [1.29, 1.82) is 0 Å². The van der Waals surface area contributed by atoms with Gasteiger partial charge in [-0.15, -0.1) is 0 Å². The first-order valence-electron chi connectivity index (χ1n) is 8.26. The lowest BCUT2D eigenvalue weighted by molar-refractivity contribution is -0.384. The van der Waals surface area contributed by atoms with Gasteiger partial charge in [0.25, 0.3) is 11.6 Å². The number of benzene rings is 2. The molecule has 0 unspecified atom stereocenters. The highest BCUT2D eigenvalue weighted by atomic mass is 79.9. The number of carbonyl (C=O) groups excluding carboxylic acids is 1. The van der Waals surface area contributed by atoms with Gasteiger partial charge in [0.2, 0.25) is 0 Å². The first-order chi connectivity index (χ1) is 13.9. The Morgan fingerprint density at radius 3 is 2.72 bits per heavy atom. The molecule has 2 aromatic carbocycles. The summed E-state index contributed by atoms with van der Waals surface area (Å²) in [5, 5.41) is 15.2. The topological polar surface area (TPSA) is 98.8 Å². The second-order valence-corrected chi connectivity index (χ2v) is 7.02. The van der Waals surface area contributed by atoms with Gasteiger partial charge >= 0.3 is 0 Å². The van der Waals surface area contributed by atoms with E-state index >= 15 is 0 Å². The summed E-state index contributed by atoms with van der Waals surface area (Å²) < 4.78 is 7.83. The van der Waals surface area contributed by atoms with E-state index in [0.717, 1.165) is 5.69 Å². The lowest BCUT2D eigenvalue weighted by Gasteiger charge is -2.07. The number of ether oxygens (including phenoxy) is 1. The Morgan fingerprint density at radius 1 is 1.28 bits per heavy atom. The summed E-state index contributed by atoms with van der Waals surface area (Å²) in [6, 6.07) is 14.7. The molecule has 1 N–H and O–H groups in total. The lowest BCUT2D eigenvalue weighted by atomic mass is 10.3. The van der Waals surface area contributed by atoms with E-state index in [1.54, 1.807) is 53.2 Å². The number of rotatable bonds is 7. The highest BCUT2D eigenvalue weighted by molar-refractivity contribution is 9.10. The van der Waals surface area contributed by atoms with Gasteiger partial charge in [0.05, 0.1) is 21.3 Å². The number of nitrogens with one attached hydrogen (secondary N) is 1. The molecule has 0 spiro atoms. The average molecular weight is 478 g/mol. The van der Waals surface area contributed by atoms with E-state index in [9.17, 15) is 14.9 Å². The van der Waals surface area contributed by atoms with Crippen molar-refractivity contribution in [3.05, 3.63) is 86.1 Å². The maximum atomic E-state index is 11.9. The summed E-state index contributed by atoms with van der Waals surface area (Å²) in [5.41, 5.74) is 3.80. The summed E-state index contributed by atoms with van der Waals surface area (Å²) in [6.45, 7) is -0.221. The highest BCUT2D eigenvalue weighted by Crippen LogP contribution is 2.27. The number of nitro benzene ring substituents is 1. The molecule has 0 atom stereocenters. The average Bonchev–Trinajstić information content (AvgIpc) is 3.16. The van der Waals surface area contributed by atoms with Crippen LogP contribution in [-0.2, 0) is 4.79 Å². The minimum atomic E-state index is -0.456. The van der Waals surface area contributed by atoms with Crippen LogP contribution in [0.3, 0.4) is 0 Å². The van der Waals surface area contributed by atoms with Crippen LogP contribution in [-0.4, -0.2) is 28.2 Å². The molecule has 3 aromatic rings. The summed E-state index contributed by atoms with van der Waals surface area (Å²) in [5.74, 6) is 0.0529. The molecule has 3 rings (SSSR count). The third-order valence-electron chi connectivity index (χ3n) is 3.76. The van der Waals surface area contributed by atoms with Crippen molar-refractivity contribution in [3.8, 4) is 11.4 Å². The SMILES string of the molecule is O=C(COc1ccc(Cl)cc1Br)NN=Cc1cccn1-c1ccc([N+](=O)[O-])cc1. The van der Waals surface area contributed by atoms with Gasteiger partial charge in [-0.1, -0.05) is 11.6 Å². The van der Waals surface area contributed by atoms with Gasteiger partial charge < -0.3 is 9.30 Å². The van der Waals surface area contributed by atoms with Crippen LogP contribution in [0.2, 0.25) is 5.02 Å². The molecule has 29 heavy (non-hydrogen) atoms. The van der Waals surface area contributed by atoms with Crippen LogP contribution in [0, 0.1) is 10.1 Å². The molecule has 1 heterocycles. The fourth-order valence-electron chi connectivity index (χ4n) is 2.41. The van der Waals surface area contributed by atoms with Crippen LogP contribution in [0.25, 0.3) is 5.69 Å². The maximum absolute atomic E-state index is 11.9. The molecular formula is C19H14BrClN4O4. The fraction of sp³-hybridized carbons (Fsp3) is 0.0526. The number of carbonyl (C=O) groups is 1. The Kier molecular flexibility index (Phi) is 6.63. The first kappa shape index (κ1) is 20.6. The largest absolute Gasteiger partial charge is 0.483 e. The zero-order valence-corrected chi connectivity index (χ0v) is 17.1. The molecule has 0 aliphatic heterocycles. The van der Waals surface area contributed by atoms with Crippen molar-refractivity contribution in [2.45, 2.75) is 0 Å². The number of hydrogen-bond acceptors (Lipinski definition) is 5. The number of hydrogen-bond donors (Lipinski definition) is 1. The number of nitro groups is 1. The van der Waals surface area contributed by atoms with E-state index in [0.29, 0.717) is 20.9 Å². The van der Waals surface area contributed by atoms with Crippen LogP contribution in [0.5, 0.6) is 5.75 Å². The Labute approximate surface area is 179 Å². The van der Waals surface area contributed by atoms with Crippen molar-refractivity contribution in [1.82, 2.24) is 9.99 Å².